The number of allylic oxidation sites excluding steroid dienone is 6. The van der Waals surface area contributed by atoms with Crippen molar-refractivity contribution in [3.63, 3.8) is 0 Å². The summed E-state index contributed by atoms with van der Waals surface area (Å²) in [4.78, 5) is 12.8. The predicted molar refractivity (Wildman–Crippen MR) is 101 cm³/mol. The van der Waals surface area contributed by atoms with Gasteiger partial charge in [-0.1, -0.05) is 36.1 Å². The van der Waals surface area contributed by atoms with Crippen LogP contribution >= 0.6 is 0 Å². The number of aliphatic hydroxyl groups excluding tert-OH is 1. The zero-order valence-electron chi connectivity index (χ0n) is 15.1. The quantitative estimate of drug-likeness (QED) is 0.259. The lowest BCUT2D eigenvalue weighted by Gasteiger charge is -2.08. The van der Waals surface area contributed by atoms with Crippen LogP contribution in [-0.2, 0) is 17.8 Å². The molecule has 0 aromatic carbocycles. The van der Waals surface area contributed by atoms with Crippen molar-refractivity contribution in [3.05, 3.63) is 60.2 Å². The molecule has 0 radical (unpaired) electrons. The second kappa shape index (κ2) is 12.4. The molecule has 134 valence electrons. The summed E-state index contributed by atoms with van der Waals surface area (Å²) in [5, 5.41) is 17.8. The number of rotatable bonds is 8. The smallest absolute Gasteiger partial charge is 0.287 e. The molecular formula is C19H26N4O2. The maximum absolute atomic E-state index is 11.5. The van der Waals surface area contributed by atoms with Crippen molar-refractivity contribution >= 4 is 5.91 Å². The molecule has 0 spiro atoms. The Bertz CT molecular complexity index is 664. The van der Waals surface area contributed by atoms with Gasteiger partial charge in [-0.3, -0.25) is 4.79 Å². The molecule has 0 aliphatic rings. The Balaban J connectivity index is 0.00000277. The summed E-state index contributed by atoms with van der Waals surface area (Å²) in [6, 6.07) is 0. The number of aromatic nitrogens is 3. The van der Waals surface area contributed by atoms with Gasteiger partial charge in [0.05, 0.1) is 12.2 Å². The molecule has 1 N–H and O–H groups in total. The lowest BCUT2D eigenvalue weighted by Crippen LogP contribution is -2.23. The van der Waals surface area contributed by atoms with E-state index in [9.17, 15) is 9.90 Å². The number of terminal acetylenes is 1. The molecule has 6 heteroatoms. The monoisotopic (exact) mass is 342 g/mol. The van der Waals surface area contributed by atoms with Crippen LogP contribution in [0.2, 0.25) is 0 Å². The van der Waals surface area contributed by atoms with Crippen LogP contribution in [0.15, 0.2) is 54.5 Å². The lowest BCUT2D eigenvalue weighted by molar-refractivity contribution is -0.127. The number of amides is 1. The van der Waals surface area contributed by atoms with Crippen LogP contribution in [-0.4, -0.2) is 45.0 Å². The van der Waals surface area contributed by atoms with Crippen LogP contribution in [0.1, 0.15) is 19.0 Å². The summed E-state index contributed by atoms with van der Waals surface area (Å²) in [6.45, 7) is 6.28. The van der Waals surface area contributed by atoms with Crippen molar-refractivity contribution < 1.29 is 9.90 Å². The number of likely N-dealkylation sites (N-methyl/N-ethyl adjacent to an activating group) is 1. The van der Waals surface area contributed by atoms with Gasteiger partial charge < -0.3 is 10.0 Å². The number of hydrogen-bond donors (Lipinski definition) is 1. The van der Waals surface area contributed by atoms with Gasteiger partial charge in [-0.15, -0.1) is 17.9 Å². The molecule has 0 saturated heterocycles. The van der Waals surface area contributed by atoms with Crippen molar-refractivity contribution in [3.8, 4) is 12.8 Å². The van der Waals surface area contributed by atoms with Crippen LogP contribution in [0.5, 0.6) is 0 Å². The molecule has 1 amide bonds. The van der Waals surface area contributed by atoms with Gasteiger partial charge in [0.1, 0.15) is 0 Å². The number of carbonyl (C=O) groups is 1. The number of aliphatic hydroxyl groups is 1. The molecule has 0 unspecified atom stereocenters. The number of nitrogens with zero attached hydrogens (tertiary/aromatic N) is 4. The molecule has 1 aromatic heterocycles. The Morgan fingerprint density at radius 2 is 2.12 bits per heavy atom. The first-order valence-electron chi connectivity index (χ1n) is 7.72. The molecule has 0 atom stereocenters. The standard InChI is InChI=1S/C17H24N4O2.C2H2/c1-5-7-8-9-14(6-2)12-21-13-15(18-19-21)10-11-16(22)17(23)20(3)4;1-2/h5-8,11,13,22H,1,9-10,12H2,2-4H3;1-2H/b8-7-,14-6+,16-11+;. The molecule has 1 aromatic rings. The zero-order chi connectivity index (χ0) is 19.2. The van der Waals surface area contributed by atoms with E-state index in [1.807, 2.05) is 25.3 Å². The Morgan fingerprint density at radius 1 is 1.44 bits per heavy atom. The van der Waals surface area contributed by atoms with Gasteiger partial charge in [-0.2, -0.15) is 0 Å². The maximum Gasteiger partial charge on any atom is 0.287 e. The van der Waals surface area contributed by atoms with Crippen molar-refractivity contribution in [1.29, 1.82) is 0 Å². The normalized spacial score (nSPS) is 11.7. The Morgan fingerprint density at radius 3 is 2.68 bits per heavy atom. The van der Waals surface area contributed by atoms with Crippen molar-refractivity contribution in [2.75, 3.05) is 14.1 Å². The number of carbonyl (C=O) groups excluding carboxylic acids is 1. The summed E-state index contributed by atoms with van der Waals surface area (Å²) in [6.07, 6.45) is 20.2. The van der Waals surface area contributed by atoms with Gasteiger partial charge in [-0.05, 0) is 25.0 Å². The largest absolute Gasteiger partial charge is 0.503 e. The average molecular weight is 342 g/mol. The molecule has 25 heavy (non-hydrogen) atoms. The first-order valence-corrected chi connectivity index (χ1v) is 7.72. The van der Waals surface area contributed by atoms with Crippen LogP contribution in [0.3, 0.4) is 0 Å². The Kier molecular flexibility index (Phi) is 10.8. The van der Waals surface area contributed by atoms with Gasteiger partial charge in [-0.25, -0.2) is 4.68 Å². The maximum atomic E-state index is 11.5. The minimum Gasteiger partial charge on any atom is -0.503 e. The van der Waals surface area contributed by atoms with Crippen LogP contribution in [0.4, 0.5) is 0 Å². The second-order valence-electron chi connectivity index (χ2n) is 5.22. The Hall–Kier alpha value is -3.07. The third-order valence-electron chi connectivity index (χ3n) is 3.14. The van der Waals surface area contributed by atoms with E-state index in [0.29, 0.717) is 18.7 Å². The third-order valence-corrected chi connectivity index (χ3v) is 3.14. The highest BCUT2D eigenvalue weighted by Crippen LogP contribution is 2.07. The van der Waals surface area contributed by atoms with E-state index in [1.165, 1.54) is 16.5 Å². The predicted octanol–water partition coefficient (Wildman–Crippen LogP) is 2.68. The molecule has 0 saturated carbocycles. The zero-order valence-corrected chi connectivity index (χ0v) is 15.1. The van der Waals surface area contributed by atoms with E-state index in [1.54, 1.807) is 24.9 Å². The van der Waals surface area contributed by atoms with Gasteiger partial charge >= 0.3 is 0 Å². The van der Waals surface area contributed by atoms with Gasteiger partial charge in [0.2, 0.25) is 0 Å². The van der Waals surface area contributed by atoms with Crippen molar-refractivity contribution in [2.24, 2.45) is 0 Å². The van der Waals surface area contributed by atoms with E-state index in [-0.39, 0.29) is 5.76 Å². The fraction of sp³-hybridized carbons (Fsp3) is 0.316. The third kappa shape index (κ3) is 8.37. The van der Waals surface area contributed by atoms with Gasteiger partial charge in [0.15, 0.2) is 5.76 Å². The van der Waals surface area contributed by atoms with Crippen LogP contribution < -0.4 is 0 Å². The van der Waals surface area contributed by atoms with Crippen LogP contribution in [0, 0.1) is 12.8 Å². The molecule has 1 rings (SSSR count). The van der Waals surface area contributed by atoms with Crippen molar-refractivity contribution in [2.45, 2.75) is 26.3 Å². The van der Waals surface area contributed by atoms with E-state index in [2.05, 4.69) is 35.8 Å². The van der Waals surface area contributed by atoms with E-state index in [4.69, 9.17) is 0 Å². The van der Waals surface area contributed by atoms with Crippen molar-refractivity contribution in [1.82, 2.24) is 19.9 Å². The van der Waals surface area contributed by atoms with E-state index >= 15 is 0 Å². The summed E-state index contributed by atoms with van der Waals surface area (Å²) < 4.78 is 1.74. The molecule has 0 aliphatic heterocycles. The fourth-order valence-electron chi connectivity index (χ4n) is 1.82. The minimum absolute atomic E-state index is 0.284. The SMILES string of the molecule is C#C.C=C/C=C\C/C(=C\C)Cn1cc(C/C=C(/O)C(=O)N(C)C)nn1. The Labute approximate surface area is 149 Å². The first-order chi connectivity index (χ1) is 12.0. The fourth-order valence-corrected chi connectivity index (χ4v) is 1.82. The summed E-state index contributed by atoms with van der Waals surface area (Å²) in [5.41, 5.74) is 1.90. The molecule has 0 bridgehead atoms. The number of hydrogen-bond acceptors (Lipinski definition) is 4. The topological polar surface area (TPSA) is 71.2 Å². The van der Waals surface area contributed by atoms with Gasteiger partial charge in [0, 0.05) is 26.7 Å². The van der Waals surface area contributed by atoms with Crippen LogP contribution in [0.25, 0.3) is 0 Å². The van der Waals surface area contributed by atoms with Gasteiger partial charge in [0.25, 0.3) is 5.91 Å². The molecule has 0 aliphatic carbocycles. The highest BCUT2D eigenvalue weighted by atomic mass is 16.3. The summed E-state index contributed by atoms with van der Waals surface area (Å²) in [5.74, 6) is -0.712. The summed E-state index contributed by atoms with van der Waals surface area (Å²) in [7, 11) is 3.17. The lowest BCUT2D eigenvalue weighted by atomic mass is 10.1. The minimum atomic E-state index is -0.428. The molecule has 1 heterocycles. The average Bonchev–Trinajstić information content (AvgIpc) is 3.07. The highest BCUT2D eigenvalue weighted by Gasteiger charge is 2.09. The first kappa shape index (κ1) is 21.9. The van der Waals surface area contributed by atoms with E-state index in [0.717, 1.165) is 6.42 Å². The summed E-state index contributed by atoms with van der Waals surface area (Å²) >= 11 is 0. The molecule has 0 fully saturated rings. The molecule has 6 nitrogen and oxygen atoms in total. The van der Waals surface area contributed by atoms with E-state index < -0.39 is 5.91 Å². The molecular weight excluding hydrogens is 316 g/mol. The second-order valence-corrected chi connectivity index (χ2v) is 5.22. The highest BCUT2D eigenvalue weighted by molar-refractivity contribution is 5.90.